The van der Waals surface area contributed by atoms with Crippen LogP contribution in [0.5, 0.6) is 11.5 Å². The van der Waals surface area contributed by atoms with Crippen LogP contribution in [0.2, 0.25) is 0 Å². The minimum Gasteiger partial charge on any atom is -0.457 e. The maximum atomic E-state index is 10.7. The van der Waals surface area contributed by atoms with Crippen molar-refractivity contribution in [2.24, 2.45) is 0 Å². The summed E-state index contributed by atoms with van der Waals surface area (Å²) in [6.45, 7) is 2.14. The summed E-state index contributed by atoms with van der Waals surface area (Å²) in [6.07, 6.45) is 3.44. The van der Waals surface area contributed by atoms with Crippen LogP contribution in [0.25, 0.3) is 0 Å². The van der Waals surface area contributed by atoms with Crippen molar-refractivity contribution in [1.29, 1.82) is 0 Å². The number of nitrogens with zero attached hydrogens (tertiary/aromatic N) is 1. The molecule has 0 radical (unpaired) electrons. The van der Waals surface area contributed by atoms with Crippen LogP contribution >= 0.6 is 0 Å². The van der Waals surface area contributed by atoms with Gasteiger partial charge in [0, 0.05) is 12.1 Å². The van der Waals surface area contributed by atoms with Crippen molar-refractivity contribution in [3.05, 3.63) is 63.7 Å². The van der Waals surface area contributed by atoms with Crippen LogP contribution in [0.15, 0.2) is 42.5 Å². The Balaban J connectivity index is 1.85. The molecule has 1 fully saturated rings. The van der Waals surface area contributed by atoms with Gasteiger partial charge in [-0.1, -0.05) is 19.1 Å². The predicted octanol–water partition coefficient (Wildman–Crippen LogP) is 4.83. The molecular formula is C17H17NO3. The molecule has 4 nitrogen and oxygen atoms in total. The van der Waals surface area contributed by atoms with Gasteiger partial charge in [0.25, 0.3) is 5.69 Å². The van der Waals surface area contributed by atoms with Crippen LogP contribution < -0.4 is 4.74 Å². The first-order valence-corrected chi connectivity index (χ1v) is 7.22. The third kappa shape index (κ3) is 3.05. The Kier molecular flexibility index (Phi) is 3.60. The van der Waals surface area contributed by atoms with Gasteiger partial charge in [0.05, 0.1) is 4.92 Å². The van der Waals surface area contributed by atoms with Gasteiger partial charge in [0.1, 0.15) is 11.5 Å². The molecule has 2 aromatic rings. The number of non-ortho nitro benzene ring substituents is 1. The van der Waals surface area contributed by atoms with E-state index < -0.39 is 4.92 Å². The highest BCUT2D eigenvalue weighted by Gasteiger charge is 2.27. The zero-order valence-electron chi connectivity index (χ0n) is 11.9. The summed E-state index contributed by atoms with van der Waals surface area (Å²) in [6, 6.07) is 12.5. The number of hydrogen-bond acceptors (Lipinski definition) is 3. The highest BCUT2D eigenvalue weighted by atomic mass is 16.6. The molecule has 2 aromatic carbocycles. The van der Waals surface area contributed by atoms with Crippen LogP contribution in [0, 0.1) is 10.1 Å². The van der Waals surface area contributed by atoms with Crippen LogP contribution in [-0.4, -0.2) is 4.92 Å². The van der Waals surface area contributed by atoms with E-state index in [1.807, 2.05) is 6.07 Å². The number of aryl methyl sites for hydroxylation is 1. The van der Waals surface area contributed by atoms with Crippen molar-refractivity contribution in [2.45, 2.75) is 32.1 Å². The monoisotopic (exact) mass is 283 g/mol. The summed E-state index contributed by atoms with van der Waals surface area (Å²) in [5.74, 6) is 2.10. The third-order valence-corrected chi connectivity index (χ3v) is 3.77. The molecule has 0 unspecified atom stereocenters. The zero-order chi connectivity index (χ0) is 14.8. The first kappa shape index (κ1) is 13.6. The molecular weight excluding hydrogens is 266 g/mol. The average molecular weight is 283 g/mol. The highest BCUT2D eigenvalue weighted by Crippen LogP contribution is 2.45. The third-order valence-electron chi connectivity index (χ3n) is 3.77. The second-order valence-corrected chi connectivity index (χ2v) is 5.35. The molecule has 108 valence electrons. The Bertz CT molecular complexity index is 660. The Labute approximate surface area is 123 Å². The van der Waals surface area contributed by atoms with Gasteiger partial charge in [-0.2, -0.15) is 0 Å². The second kappa shape index (κ2) is 5.56. The molecule has 0 aromatic heterocycles. The maximum absolute atomic E-state index is 10.7. The first-order valence-electron chi connectivity index (χ1n) is 7.22. The van der Waals surface area contributed by atoms with Gasteiger partial charge >= 0.3 is 0 Å². The number of rotatable bonds is 5. The van der Waals surface area contributed by atoms with Crippen LogP contribution in [-0.2, 0) is 6.42 Å². The van der Waals surface area contributed by atoms with Crippen molar-refractivity contribution in [3.63, 3.8) is 0 Å². The molecule has 0 bridgehead atoms. The summed E-state index contributed by atoms with van der Waals surface area (Å²) >= 11 is 0. The summed E-state index contributed by atoms with van der Waals surface area (Å²) in [4.78, 5) is 10.3. The first-order chi connectivity index (χ1) is 10.2. The fourth-order valence-electron chi connectivity index (χ4n) is 2.39. The standard InChI is InChI=1S/C17H17NO3/c1-2-12-3-10-17(16(11-12)13-4-5-13)21-15-8-6-14(7-9-15)18(19)20/h3,6-11,13H,2,4-5H2,1H3. The van der Waals surface area contributed by atoms with Gasteiger partial charge in [-0.25, -0.2) is 0 Å². The van der Waals surface area contributed by atoms with Crippen molar-refractivity contribution in [2.75, 3.05) is 0 Å². The van der Waals surface area contributed by atoms with Gasteiger partial charge in [-0.15, -0.1) is 0 Å². The van der Waals surface area contributed by atoms with Gasteiger partial charge in [-0.05, 0) is 54.5 Å². The Morgan fingerprint density at radius 2 is 1.90 bits per heavy atom. The molecule has 1 aliphatic carbocycles. The topological polar surface area (TPSA) is 52.4 Å². The lowest BCUT2D eigenvalue weighted by Gasteiger charge is -2.12. The lowest BCUT2D eigenvalue weighted by atomic mass is 10.0. The molecule has 0 aliphatic heterocycles. The number of hydrogen-bond donors (Lipinski definition) is 0. The molecule has 0 atom stereocenters. The van der Waals surface area contributed by atoms with Gasteiger partial charge < -0.3 is 4.74 Å². The van der Waals surface area contributed by atoms with E-state index in [1.165, 1.54) is 36.1 Å². The van der Waals surface area contributed by atoms with E-state index >= 15 is 0 Å². The van der Waals surface area contributed by atoms with E-state index in [2.05, 4.69) is 19.1 Å². The SMILES string of the molecule is CCc1ccc(Oc2ccc([N+](=O)[O-])cc2)c(C2CC2)c1. The Morgan fingerprint density at radius 3 is 2.48 bits per heavy atom. The van der Waals surface area contributed by atoms with Crippen molar-refractivity contribution >= 4 is 5.69 Å². The Morgan fingerprint density at radius 1 is 1.19 bits per heavy atom. The van der Waals surface area contributed by atoms with Crippen LogP contribution in [0.1, 0.15) is 36.8 Å². The summed E-state index contributed by atoms with van der Waals surface area (Å²) in [5, 5.41) is 10.7. The fraction of sp³-hybridized carbons (Fsp3) is 0.294. The second-order valence-electron chi connectivity index (χ2n) is 5.35. The van der Waals surface area contributed by atoms with E-state index in [4.69, 9.17) is 4.74 Å². The largest absolute Gasteiger partial charge is 0.457 e. The van der Waals surface area contributed by atoms with Crippen molar-refractivity contribution in [3.8, 4) is 11.5 Å². The van der Waals surface area contributed by atoms with Crippen LogP contribution in [0.4, 0.5) is 5.69 Å². The fourth-order valence-corrected chi connectivity index (χ4v) is 2.39. The molecule has 0 saturated heterocycles. The van der Waals surface area contributed by atoms with Crippen molar-refractivity contribution < 1.29 is 9.66 Å². The number of ether oxygens (including phenoxy) is 1. The molecule has 0 amide bonds. The van der Waals surface area contributed by atoms with Crippen LogP contribution in [0.3, 0.4) is 0 Å². The molecule has 1 saturated carbocycles. The maximum Gasteiger partial charge on any atom is 0.269 e. The molecule has 3 rings (SSSR count). The van der Waals surface area contributed by atoms with E-state index in [0.29, 0.717) is 11.7 Å². The number of benzene rings is 2. The smallest absolute Gasteiger partial charge is 0.269 e. The predicted molar refractivity (Wildman–Crippen MR) is 81.0 cm³/mol. The minimum absolute atomic E-state index is 0.0751. The summed E-state index contributed by atoms with van der Waals surface area (Å²) in [5.41, 5.74) is 2.65. The van der Waals surface area contributed by atoms with E-state index in [1.54, 1.807) is 12.1 Å². The number of nitro groups is 1. The number of nitro benzene ring substituents is 1. The normalized spacial score (nSPS) is 14.0. The molecule has 4 heteroatoms. The van der Waals surface area contributed by atoms with E-state index in [-0.39, 0.29) is 5.69 Å². The molecule has 0 N–H and O–H groups in total. The zero-order valence-corrected chi connectivity index (χ0v) is 11.9. The lowest BCUT2D eigenvalue weighted by Crippen LogP contribution is -1.93. The van der Waals surface area contributed by atoms with E-state index in [0.717, 1.165) is 12.2 Å². The molecule has 0 heterocycles. The van der Waals surface area contributed by atoms with Gasteiger partial charge in [-0.3, -0.25) is 10.1 Å². The highest BCUT2D eigenvalue weighted by molar-refractivity contribution is 5.45. The molecule has 21 heavy (non-hydrogen) atoms. The van der Waals surface area contributed by atoms with E-state index in [9.17, 15) is 10.1 Å². The lowest BCUT2D eigenvalue weighted by molar-refractivity contribution is -0.384. The van der Waals surface area contributed by atoms with Crippen molar-refractivity contribution in [1.82, 2.24) is 0 Å². The molecule has 0 spiro atoms. The summed E-state index contributed by atoms with van der Waals surface area (Å²) < 4.78 is 5.92. The quantitative estimate of drug-likeness (QED) is 0.583. The summed E-state index contributed by atoms with van der Waals surface area (Å²) in [7, 11) is 0. The average Bonchev–Trinajstić information content (AvgIpc) is 3.33. The molecule has 1 aliphatic rings. The van der Waals surface area contributed by atoms with Gasteiger partial charge in [0.15, 0.2) is 0 Å². The minimum atomic E-state index is -0.407. The van der Waals surface area contributed by atoms with Gasteiger partial charge in [0.2, 0.25) is 0 Å². The Hall–Kier alpha value is -2.36.